The number of hydroxylamine groups is 1. The van der Waals surface area contributed by atoms with Crippen molar-refractivity contribution >= 4 is 35.4 Å². The van der Waals surface area contributed by atoms with E-state index >= 15 is 0 Å². The van der Waals surface area contributed by atoms with E-state index in [4.69, 9.17) is 10.3 Å². The normalized spacial score (nSPS) is 11.9. The Morgan fingerprint density at radius 2 is 1.84 bits per heavy atom. The molecule has 1 rings (SSSR count). The van der Waals surface area contributed by atoms with E-state index in [1.165, 1.54) is 11.8 Å². The smallest absolute Gasteiger partial charge is 0.303 e. The summed E-state index contributed by atoms with van der Waals surface area (Å²) < 4.78 is 0. The number of hydrogen-bond acceptors (Lipinski definition) is 5. The maximum Gasteiger partial charge on any atom is 0.303 e. The Morgan fingerprint density at radius 1 is 1.26 bits per heavy atom. The quantitative estimate of drug-likeness (QED) is 0.407. The van der Waals surface area contributed by atoms with Crippen molar-refractivity contribution in [3.05, 3.63) is 24.3 Å². The summed E-state index contributed by atoms with van der Waals surface area (Å²) in [5, 5.41) is 16.7. The van der Waals surface area contributed by atoms with Crippen LogP contribution in [0.2, 0.25) is 0 Å². The van der Waals surface area contributed by atoms with Crippen LogP contribution in [0.25, 0.3) is 0 Å². The van der Waals surface area contributed by atoms with Crippen LogP contribution in [-0.4, -0.2) is 33.7 Å². The van der Waals surface area contributed by atoms with Gasteiger partial charge in [-0.3, -0.25) is 14.8 Å². The minimum atomic E-state index is -0.964. The van der Waals surface area contributed by atoms with E-state index in [9.17, 15) is 9.59 Å². The fourth-order valence-electron chi connectivity index (χ4n) is 1.39. The summed E-state index contributed by atoms with van der Waals surface area (Å²) in [6.07, 6.45) is 2.02. The minimum absolute atomic E-state index is 0.117. The van der Waals surface area contributed by atoms with E-state index in [2.05, 4.69) is 0 Å². The largest absolute Gasteiger partial charge is 0.481 e. The molecule has 0 aromatic heterocycles. The lowest BCUT2D eigenvalue weighted by atomic mass is 10.2. The number of amides is 1. The summed E-state index contributed by atoms with van der Waals surface area (Å²) in [6, 6.07) is 7.60. The third kappa shape index (κ3) is 5.54. The molecule has 0 heterocycles. The standard InChI is InChI=1S/C12H15NO4S2/c1-18-8-2-4-9(5-3-8)19-10(12(16)13-17)6-7-11(14)15/h2-5,10,17H,6-7H2,1H3,(H,13,16)(H,14,15). The lowest BCUT2D eigenvalue weighted by Crippen LogP contribution is -2.30. The first kappa shape index (κ1) is 15.9. The summed E-state index contributed by atoms with van der Waals surface area (Å²) in [5.74, 6) is -1.55. The van der Waals surface area contributed by atoms with Crippen LogP contribution < -0.4 is 5.48 Å². The molecular formula is C12H15NO4S2. The average Bonchev–Trinajstić information content (AvgIpc) is 2.43. The van der Waals surface area contributed by atoms with Gasteiger partial charge in [-0.25, -0.2) is 5.48 Å². The van der Waals surface area contributed by atoms with Crippen molar-refractivity contribution in [3.8, 4) is 0 Å². The van der Waals surface area contributed by atoms with Crippen LogP contribution in [0.15, 0.2) is 34.1 Å². The van der Waals surface area contributed by atoms with Crippen molar-refractivity contribution in [1.82, 2.24) is 5.48 Å². The SMILES string of the molecule is CSc1ccc(SC(CCC(=O)O)C(=O)NO)cc1. The molecule has 0 aliphatic carbocycles. The summed E-state index contributed by atoms with van der Waals surface area (Å²) in [4.78, 5) is 24.0. The second kappa shape index (κ2) is 8.08. The molecule has 0 bridgehead atoms. The Labute approximate surface area is 119 Å². The molecule has 1 unspecified atom stereocenters. The van der Waals surface area contributed by atoms with Gasteiger partial charge in [-0.15, -0.1) is 23.5 Å². The predicted molar refractivity (Wildman–Crippen MR) is 74.7 cm³/mol. The molecule has 0 saturated heterocycles. The van der Waals surface area contributed by atoms with Gasteiger partial charge in [0.1, 0.15) is 0 Å². The maximum atomic E-state index is 11.5. The van der Waals surface area contributed by atoms with Crippen LogP contribution in [0.1, 0.15) is 12.8 Å². The molecular weight excluding hydrogens is 286 g/mol. The molecule has 0 aliphatic heterocycles. The number of aliphatic carboxylic acids is 1. The van der Waals surface area contributed by atoms with Crippen molar-refractivity contribution in [2.24, 2.45) is 0 Å². The van der Waals surface area contributed by atoms with E-state index in [-0.39, 0.29) is 12.8 Å². The first-order chi connectivity index (χ1) is 9.06. The van der Waals surface area contributed by atoms with E-state index in [1.807, 2.05) is 30.5 Å². The second-order valence-corrected chi connectivity index (χ2v) is 5.85. The van der Waals surface area contributed by atoms with Gasteiger partial charge in [0.05, 0.1) is 5.25 Å². The van der Waals surface area contributed by atoms with Crippen molar-refractivity contribution in [2.45, 2.75) is 27.9 Å². The summed E-state index contributed by atoms with van der Waals surface area (Å²) in [5.41, 5.74) is 1.57. The molecule has 1 aromatic carbocycles. The van der Waals surface area contributed by atoms with Gasteiger partial charge in [-0.1, -0.05) is 0 Å². The van der Waals surface area contributed by atoms with Gasteiger partial charge < -0.3 is 5.11 Å². The third-order valence-electron chi connectivity index (χ3n) is 2.36. The Bertz CT molecular complexity index is 436. The Balaban J connectivity index is 2.69. The highest BCUT2D eigenvalue weighted by atomic mass is 32.2. The number of rotatable bonds is 7. The number of benzene rings is 1. The van der Waals surface area contributed by atoms with Crippen LogP contribution in [0.5, 0.6) is 0 Å². The molecule has 0 spiro atoms. The minimum Gasteiger partial charge on any atom is -0.481 e. The Kier molecular flexibility index (Phi) is 6.75. The first-order valence-electron chi connectivity index (χ1n) is 5.53. The third-order valence-corrected chi connectivity index (χ3v) is 4.38. The van der Waals surface area contributed by atoms with Crippen LogP contribution in [0.4, 0.5) is 0 Å². The van der Waals surface area contributed by atoms with Crippen LogP contribution in [0, 0.1) is 0 Å². The number of thioether (sulfide) groups is 2. The van der Waals surface area contributed by atoms with Crippen LogP contribution in [0.3, 0.4) is 0 Å². The van der Waals surface area contributed by atoms with Crippen molar-refractivity contribution in [1.29, 1.82) is 0 Å². The van der Waals surface area contributed by atoms with Gasteiger partial charge in [0, 0.05) is 16.2 Å². The summed E-state index contributed by atoms with van der Waals surface area (Å²) in [6.45, 7) is 0. The highest BCUT2D eigenvalue weighted by Gasteiger charge is 2.20. The molecule has 1 amide bonds. The molecule has 3 N–H and O–H groups in total. The van der Waals surface area contributed by atoms with Gasteiger partial charge in [-0.2, -0.15) is 0 Å². The Morgan fingerprint density at radius 3 is 2.32 bits per heavy atom. The molecule has 1 atom stereocenters. The molecule has 1 aromatic rings. The average molecular weight is 301 g/mol. The van der Waals surface area contributed by atoms with Gasteiger partial charge in [0.15, 0.2) is 0 Å². The van der Waals surface area contributed by atoms with Crippen molar-refractivity contribution in [2.75, 3.05) is 6.26 Å². The Hall–Kier alpha value is -1.18. The van der Waals surface area contributed by atoms with Crippen LogP contribution in [-0.2, 0) is 9.59 Å². The molecule has 7 heteroatoms. The molecule has 19 heavy (non-hydrogen) atoms. The zero-order valence-electron chi connectivity index (χ0n) is 10.3. The molecule has 5 nitrogen and oxygen atoms in total. The monoisotopic (exact) mass is 301 g/mol. The summed E-state index contributed by atoms with van der Waals surface area (Å²) >= 11 is 2.85. The summed E-state index contributed by atoms with van der Waals surface area (Å²) in [7, 11) is 0. The topological polar surface area (TPSA) is 86.6 Å². The number of carbonyl (C=O) groups is 2. The van der Waals surface area contributed by atoms with Gasteiger partial charge >= 0.3 is 5.97 Å². The number of carboxylic acid groups (broad SMARTS) is 1. The highest BCUT2D eigenvalue weighted by Crippen LogP contribution is 2.28. The lowest BCUT2D eigenvalue weighted by Gasteiger charge is -2.13. The first-order valence-corrected chi connectivity index (χ1v) is 7.63. The maximum absolute atomic E-state index is 11.5. The number of nitrogens with one attached hydrogen (secondary N) is 1. The van der Waals surface area contributed by atoms with Gasteiger partial charge in [0.2, 0.25) is 0 Å². The molecule has 0 aliphatic rings. The fourth-order valence-corrected chi connectivity index (χ4v) is 2.81. The van der Waals surface area contributed by atoms with E-state index < -0.39 is 17.1 Å². The van der Waals surface area contributed by atoms with Gasteiger partial charge in [-0.05, 0) is 36.9 Å². The molecule has 0 saturated carbocycles. The number of carboxylic acids is 1. The molecule has 0 radical (unpaired) electrons. The fraction of sp³-hybridized carbons (Fsp3) is 0.333. The zero-order valence-corrected chi connectivity index (χ0v) is 12.0. The van der Waals surface area contributed by atoms with Gasteiger partial charge in [0.25, 0.3) is 5.91 Å². The van der Waals surface area contributed by atoms with Crippen molar-refractivity contribution < 1.29 is 19.9 Å². The molecule has 104 valence electrons. The highest BCUT2D eigenvalue weighted by molar-refractivity contribution is 8.00. The number of hydrogen-bond donors (Lipinski definition) is 3. The number of carbonyl (C=O) groups excluding carboxylic acids is 1. The molecule has 0 fully saturated rings. The second-order valence-electron chi connectivity index (χ2n) is 3.69. The van der Waals surface area contributed by atoms with Crippen molar-refractivity contribution in [3.63, 3.8) is 0 Å². The van der Waals surface area contributed by atoms with E-state index in [0.717, 1.165) is 9.79 Å². The van der Waals surface area contributed by atoms with E-state index in [0.29, 0.717) is 0 Å². The predicted octanol–water partition coefficient (Wildman–Crippen LogP) is 2.24. The lowest BCUT2D eigenvalue weighted by molar-refractivity contribution is -0.137. The zero-order chi connectivity index (χ0) is 14.3. The van der Waals surface area contributed by atoms with E-state index in [1.54, 1.807) is 17.2 Å². The van der Waals surface area contributed by atoms with Crippen LogP contribution >= 0.6 is 23.5 Å².